The summed E-state index contributed by atoms with van der Waals surface area (Å²) in [5.41, 5.74) is 25.9. The van der Waals surface area contributed by atoms with Crippen LogP contribution in [0.2, 0.25) is 5.02 Å². The van der Waals surface area contributed by atoms with Crippen LogP contribution in [-0.2, 0) is 18.0 Å². The second-order valence-corrected chi connectivity index (χ2v) is 33.3. The van der Waals surface area contributed by atoms with E-state index >= 15 is 0 Å². The van der Waals surface area contributed by atoms with Crippen LogP contribution in [0.5, 0.6) is 40.2 Å². The van der Waals surface area contributed by atoms with Crippen LogP contribution >= 0.6 is 11.6 Å². The van der Waals surface area contributed by atoms with E-state index in [1.807, 2.05) is 61.8 Å². The Morgan fingerprint density at radius 1 is 0.593 bits per heavy atom. The number of urea groups is 1. The minimum atomic E-state index is -0.761. The largest absolute Gasteiger partial charge is 0.497 e. The maximum absolute atomic E-state index is 14.8. The van der Waals surface area contributed by atoms with Gasteiger partial charge in [0.15, 0.2) is 28.8 Å². The fourth-order valence-electron chi connectivity index (χ4n) is 16.0. The Balaban J connectivity index is 0.000000130. The molecule has 2 unspecified atom stereocenters. The van der Waals surface area contributed by atoms with E-state index < -0.39 is 41.2 Å². The number of benzene rings is 9. The van der Waals surface area contributed by atoms with Crippen molar-refractivity contribution in [3.63, 3.8) is 0 Å². The molecule has 5 amide bonds. The zero-order chi connectivity index (χ0) is 94.8. The smallest absolute Gasteiger partial charge is 0.319 e. The number of hydrogen-bond donors (Lipinski definition) is 15. The van der Waals surface area contributed by atoms with Gasteiger partial charge in [-0.2, -0.15) is 35.1 Å². The van der Waals surface area contributed by atoms with Gasteiger partial charge in [0.25, 0.3) is 17.7 Å². The van der Waals surface area contributed by atoms with E-state index in [1.165, 1.54) is 49.1 Å². The van der Waals surface area contributed by atoms with Crippen molar-refractivity contribution in [2.45, 2.75) is 88.6 Å². The van der Waals surface area contributed by atoms with Gasteiger partial charge < -0.3 is 97.9 Å². The minimum absolute atomic E-state index is 0.112. The topological polar surface area (TPSA) is 475 Å². The predicted molar refractivity (Wildman–Crippen MR) is 511 cm³/mol. The lowest BCUT2D eigenvalue weighted by atomic mass is 9.91. The van der Waals surface area contributed by atoms with Crippen LogP contribution in [0, 0.1) is 23.4 Å². The molecule has 2 aliphatic carbocycles. The highest BCUT2D eigenvalue weighted by atomic mass is 35.5. The van der Waals surface area contributed by atoms with Gasteiger partial charge in [0.05, 0.1) is 117 Å². The molecule has 0 spiro atoms. The van der Waals surface area contributed by atoms with Gasteiger partial charge in [-0.15, -0.1) is 0 Å². The third-order valence-electron chi connectivity index (χ3n) is 23.1. The summed E-state index contributed by atoms with van der Waals surface area (Å²) in [4.78, 5) is 80.6. The summed E-state index contributed by atoms with van der Waals surface area (Å²) in [6, 6.07) is 45.5. The minimum Gasteiger partial charge on any atom is -0.497 e. The monoisotopic (exact) mass is 1860 g/mol. The average Bonchev–Trinajstić information content (AvgIpc) is 1.74. The number of amides is 5. The number of aliphatic hydroxyl groups excluding tert-OH is 1. The van der Waals surface area contributed by atoms with Crippen LogP contribution in [-0.4, -0.2) is 202 Å². The van der Waals surface area contributed by atoms with Crippen molar-refractivity contribution >= 4 is 137 Å². The molecule has 9 aromatic carbocycles. The SMILES string of the molecule is CN(CCO)CC1CCN(c2cc(Nc3ccc(Oc4ccc5[nH]ncc5c4)c(F)c3)nc(N)n2)C1.COOc1cc(NC2CCC(N)CC2)c(Cl)cc1C(N)=O.COc1cc(CN2CCC(Nc3ccc4[nH]ncc4c3)C2)cc(OC)c1.COc1cc2nc(NC3CC3)nc(Nc3ccc4[nH]ncc4c3)c2cc1OC.O=C(NCc1c(F)cccc1F)Nc1ccc2c(c1)C(=O)NC2=O. The van der Waals surface area contributed by atoms with E-state index in [-0.39, 0.29) is 64.6 Å². The molecule has 0 radical (unpaired) electrons. The first-order valence-electron chi connectivity index (χ1n) is 43.6. The Hall–Kier alpha value is -15.0. The van der Waals surface area contributed by atoms with Crippen molar-refractivity contribution in [1.82, 2.24) is 71.0 Å². The molecule has 2 atom stereocenters. The van der Waals surface area contributed by atoms with Gasteiger partial charge in [-0.1, -0.05) is 17.7 Å². The van der Waals surface area contributed by atoms with Crippen LogP contribution in [0.15, 0.2) is 176 Å². The molecule has 2 saturated carbocycles. The average molecular weight is 1870 g/mol. The highest BCUT2D eigenvalue weighted by Gasteiger charge is 2.31. The number of aromatic amines is 3. The molecular formula is C95H104ClF3N24O12. The molecule has 704 valence electrons. The van der Waals surface area contributed by atoms with Crippen molar-refractivity contribution in [1.29, 1.82) is 0 Å². The highest BCUT2D eigenvalue weighted by molar-refractivity contribution is 6.33. The number of halogens is 4. The number of anilines is 10. The Morgan fingerprint density at radius 3 is 1.91 bits per heavy atom. The van der Waals surface area contributed by atoms with Gasteiger partial charge in [-0.05, 0) is 191 Å². The molecule has 5 aromatic heterocycles. The van der Waals surface area contributed by atoms with Gasteiger partial charge in [0, 0.05) is 150 Å². The first-order valence-corrected chi connectivity index (χ1v) is 44.0. The number of likely N-dealkylation sites (tertiary alicyclic amines) is 1. The van der Waals surface area contributed by atoms with E-state index in [2.05, 4.69) is 138 Å². The lowest BCUT2D eigenvalue weighted by Gasteiger charge is -2.28. The van der Waals surface area contributed by atoms with Crippen LogP contribution < -0.4 is 93.2 Å². The number of nitrogens with one attached hydrogen (secondary N) is 11. The number of nitrogens with two attached hydrogens (primary N) is 3. The van der Waals surface area contributed by atoms with Crippen molar-refractivity contribution in [3.8, 4) is 40.2 Å². The molecular weight excluding hydrogens is 1760 g/mol. The number of primary amides is 1. The number of nitrogens with zero attached hydrogens (tertiary/aromatic N) is 10. The summed E-state index contributed by atoms with van der Waals surface area (Å²) in [5.74, 6) is 3.25. The number of rotatable bonds is 29. The number of hydrogen-bond acceptors (Lipinski definition) is 29. The number of carbonyl (C=O) groups excluding carboxylic acids is 4. The summed E-state index contributed by atoms with van der Waals surface area (Å²) in [7, 11) is 9.98. The second kappa shape index (κ2) is 44.0. The number of likely N-dealkylation sites (N-methyl/N-ethyl adjacent to an activating group) is 1. The van der Waals surface area contributed by atoms with Crippen molar-refractivity contribution in [3.05, 3.63) is 227 Å². The maximum atomic E-state index is 14.8. The van der Waals surface area contributed by atoms with E-state index in [0.29, 0.717) is 81.8 Å². The van der Waals surface area contributed by atoms with Gasteiger partial charge in [-0.25, -0.2) is 22.9 Å². The number of aliphatic hydroxyl groups is 1. The number of ether oxygens (including phenoxy) is 5. The molecule has 2 saturated heterocycles. The lowest BCUT2D eigenvalue weighted by Crippen LogP contribution is -2.32. The van der Waals surface area contributed by atoms with Crippen LogP contribution in [0.3, 0.4) is 0 Å². The summed E-state index contributed by atoms with van der Waals surface area (Å²) in [5, 5.41) is 58.2. The number of carbonyl (C=O) groups is 4. The molecule has 5 aliphatic rings. The van der Waals surface area contributed by atoms with Gasteiger partial charge in [-0.3, -0.25) is 39.9 Å². The highest BCUT2D eigenvalue weighted by Crippen LogP contribution is 2.40. The molecule has 4 fully saturated rings. The number of aromatic nitrogens is 10. The number of nitrogen functional groups attached to an aromatic ring is 1. The fourth-order valence-corrected chi connectivity index (χ4v) is 16.3. The van der Waals surface area contributed by atoms with Crippen molar-refractivity contribution in [2.24, 2.45) is 17.4 Å². The lowest BCUT2D eigenvalue weighted by molar-refractivity contribution is -0.178. The van der Waals surface area contributed by atoms with Gasteiger partial charge >= 0.3 is 6.03 Å². The van der Waals surface area contributed by atoms with Crippen molar-refractivity contribution in [2.75, 3.05) is 131 Å². The standard InChI is InChI=1S/C25H29FN8O2.C20H20N6O2.C20H24N4O2.C16H11F2N3O3.C14H20ClN3O3/c1-33(8-9-35)14-16-6-7-34(15-16)24-12-23(30-25(27)31-24)29-18-2-5-22(20(26)11-18)36-19-3-4-21-17(10-19)13-28-32-21;1-27-17-8-14-16(9-18(17)28-2)24-20(23-12-3-4-12)25-19(14)22-13-5-6-15-11(7-13)10-21-26-15;1-25-18-7-14(8-19(10-18)26-2)12-24-6-5-17(13-24)22-16-3-4-20-15(9-16)11-21-23-20;17-12-2-1-3-13(18)11(12)7-19-16(24)20-8-4-5-9-10(6-8)15(23)21-14(9)22;1-20-21-13-7-12(11(15)6-10(13)14(17)19)18-9-4-2-8(16)3-5-9/h2-5,10-13,16,35H,6-9,14-15H2,1H3,(H,28,32)(H3,27,29,30,31);5-10,12H,3-4H2,1-2H3,(H,21,26)(H2,22,23,24,25);3-4,7-11,17,22H,5-6,12-13H2,1-2H3,(H,21,23);1-6H,7H2,(H2,19,20,24)(H,21,22,23);6-9,18H,2-5,16H2,1H3,(H2,17,19). The van der Waals surface area contributed by atoms with E-state index in [9.17, 15) is 32.3 Å². The van der Waals surface area contributed by atoms with E-state index in [0.717, 1.165) is 175 Å². The van der Waals surface area contributed by atoms with Crippen molar-refractivity contribution < 1.29 is 70.9 Å². The predicted octanol–water partition coefficient (Wildman–Crippen LogP) is 14.7. The first kappa shape index (κ1) is 94.6. The zero-order valence-electron chi connectivity index (χ0n) is 74.8. The maximum Gasteiger partial charge on any atom is 0.319 e. The Kier molecular flexibility index (Phi) is 30.8. The molecule has 19 rings (SSSR count). The number of fused-ring (bicyclic) bond motifs is 5. The van der Waals surface area contributed by atoms with E-state index in [1.54, 1.807) is 71.2 Å². The Bertz CT molecular complexity index is 6520. The summed E-state index contributed by atoms with van der Waals surface area (Å²) < 4.78 is 69.2. The third-order valence-corrected chi connectivity index (χ3v) is 23.4. The fraction of sp³-hybridized carbons (Fsp3) is 0.295. The van der Waals surface area contributed by atoms with Gasteiger partial charge in [0.2, 0.25) is 11.9 Å². The first-order chi connectivity index (χ1) is 65.4. The summed E-state index contributed by atoms with van der Waals surface area (Å²) >= 11 is 6.20. The Labute approximate surface area is 778 Å². The van der Waals surface area contributed by atoms with E-state index in [4.69, 9.17) is 67.5 Å². The molecule has 8 heterocycles. The zero-order valence-corrected chi connectivity index (χ0v) is 75.6. The quantitative estimate of drug-likeness (QED) is 0.0118. The van der Waals surface area contributed by atoms with Crippen LogP contribution in [0.4, 0.5) is 75.8 Å². The molecule has 14 aromatic rings. The molecule has 36 nitrogen and oxygen atoms in total. The molecule has 0 bridgehead atoms. The molecule has 3 aliphatic heterocycles. The molecule has 40 heteroatoms. The molecule has 135 heavy (non-hydrogen) atoms. The normalized spacial score (nSPS) is 16.0. The van der Waals surface area contributed by atoms with Crippen LogP contribution in [0.25, 0.3) is 43.6 Å². The second-order valence-electron chi connectivity index (χ2n) is 32.9. The number of methoxy groups -OCH3 is 4. The Morgan fingerprint density at radius 2 is 1.24 bits per heavy atom. The molecule has 18 N–H and O–H groups in total. The number of imide groups is 1. The third kappa shape index (κ3) is 24.8. The summed E-state index contributed by atoms with van der Waals surface area (Å²) in [6.45, 7) is 6.07. The summed E-state index contributed by atoms with van der Waals surface area (Å²) in [6.07, 6.45) is 13.7. The van der Waals surface area contributed by atoms with Crippen LogP contribution in [0.1, 0.15) is 93.6 Å². The van der Waals surface area contributed by atoms with Gasteiger partial charge in [0.1, 0.15) is 46.3 Å². The number of H-pyrrole nitrogens is 3.